The highest BCUT2D eigenvalue weighted by atomic mass is 35.5. The zero-order valence-corrected chi connectivity index (χ0v) is 17.9. The second-order valence-corrected chi connectivity index (χ2v) is 7.42. The van der Waals surface area contributed by atoms with Gasteiger partial charge in [0.1, 0.15) is 11.5 Å². The number of methoxy groups -OCH3 is 1. The predicted molar refractivity (Wildman–Crippen MR) is 120 cm³/mol. The maximum Gasteiger partial charge on any atom is 0.337 e. The van der Waals surface area contributed by atoms with E-state index in [2.05, 4.69) is 5.10 Å². The molecule has 31 heavy (non-hydrogen) atoms. The lowest BCUT2D eigenvalue weighted by Gasteiger charge is -2.15. The van der Waals surface area contributed by atoms with Crippen molar-refractivity contribution < 1.29 is 18.7 Å². The molecule has 156 valence electrons. The van der Waals surface area contributed by atoms with Crippen LogP contribution in [0, 0.1) is 6.92 Å². The van der Waals surface area contributed by atoms with Crippen molar-refractivity contribution in [3.05, 3.63) is 82.1 Å². The van der Waals surface area contributed by atoms with Gasteiger partial charge in [0.2, 0.25) is 0 Å². The number of hydrogen-bond donors (Lipinski definition) is 0. The van der Waals surface area contributed by atoms with E-state index in [1.54, 1.807) is 55.5 Å². The minimum absolute atomic E-state index is 0.247. The number of furan rings is 1. The molecule has 1 aliphatic heterocycles. The maximum absolute atomic E-state index is 13.0. The molecule has 0 bridgehead atoms. The number of nitrogens with zero attached hydrogens (tertiary/aromatic N) is 2. The van der Waals surface area contributed by atoms with Crippen molar-refractivity contribution in [1.29, 1.82) is 0 Å². The van der Waals surface area contributed by atoms with E-state index in [1.807, 2.05) is 19.1 Å². The SMILES string of the molecule is COC(=O)c1ccc(-c2ccc(C=C3C(=O)N(c4cccc(Cl)c4C)N=C3C)o2)cc1. The molecule has 3 aromatic rings. The number of hydrogen-bond acceptors (Lipinski definition) is 5. The van der Waals surface area contributed by atoms with Gasteiger partial charge in [0.05, 0.1) is 29.6 Å². The second-order valence-electron chi connectivity index (χ2n) is 7.02. The number of benzene rings is 2. The summed E-state index contributed by atoms with van der Waals surface area (Å²) in [5, 5.41) is 6.34. The van der Waals surface area contributed by atoms with Crippen LogP contribution in [-0.2, 0) is 9.53 Å². The Kier molecular flexibility index (Phi) is 5.48. The van der Waals surface area contributed by atoms with Crippen LogP contribution in [0.1, 0.15) is 28.6 Å². The van der Waals surface area contributed by atoms with E-state index in [0.717, 1.165) is 11.1 Å². The molecular formula is C24H19ClN2O4. The van der Waals surface area contributed by atoms with Crippen molar-refractivity contribution in [2.24, 2.45) is 5.10 Å². The summed E-state index contributed by atoms with van der Waals surface area (Å²) in [5.41, 5.74) is 3.72. The molecule has 0 saturated heterocycles. The standard InChI is InChI=1S/C24H19ClN2O4/c1-14-20(25)5-4-6-21(14)27-23(28)19(15(2)26-27)13-18-11-12-22(31-18)16-7-9-17(10-8-16)24(29)30-3/h4-13H,1-3H3. The van der Waals surface area contributed by atoms with Crippen LogP contribution in [0.5, 0.6) is 0 Å². The van der Waals surface area contributed by atoms with E-state index in [1.165, 1.54) is 12.1 Å². The van der Waals surface area contributed by atoms with E-state index >= 15 is 0 Å². The van der Waals surface area contributed by atoms with Crippen LogP contribution in [0.3, 0.4) is 0 Å². The molecule has 0 atom stereocenters. The Morgan fingerprint density at radius 2 is 1.84 bits per heavy atom. The Bertz CT molecular complexity index is 1240. The number of hydrazone groups is 1. The minimum Gasteiger partial charge on any atom is -0.465 e. The van der Waals surface area contributed by atoms with E-state index in [0.29, 0.717) is 39.1 Å². The van der Waals surface area contributed by atoms with E-state index < -0.39 is 5.97 Å². The number of carbonyl (C=O) groups is 2. The molecule has 0 spiro atoms. The average Bonchev–Trinajstić information content (AvgIpc) is 3.35. The Balaban J connectivity index is 1.59. The molecule has 2 aromatic carbocycles. The van der Waals surface area contributed by atoms with Gasteiger partial charge in [-0.3, -0.25) is 4.79 Å². The summed E-state index contributed by atoms with van der Waals surface area (Å²) >= 11 is 6.20. The first kappa shape index (κ1) is 20.6. The largest absolute Gasteiger partial charge is 0.465 e. The van der Waals surface area contributed by atoms with Gasteiger partial charge < -0.3 is 9.15 Å². The number of amides is 1. The van der Waals surface area contributed by atoms with Gasteiger partial charge in [-0.15, -0.1) is 0 Å². The lowest BCUT2D eigenvalue weighted by molar-refractivity contribution is -0.114. The molecule has 4 rings (SSSR count). The highest BCUT2D eigenvalue weighted by Gasteiger charge is 2.30. The molecule has 1 aliphatic rings. The lowest BCUT2D eigenvalue weighted by atomic mass is 10.1. The highest BCUT2D eigenvalue weighted by Crippen LogP contribution is 2.32. The number of carbonyl (C=O) groups excluding carboxylic acids is 2. The Morgan fingerprint density at radius 3 is 2.55 bits per heavy atom. The van der Waals surface area contributed by atoms with Crippen molar-refractivity contribution in [1.82, 2.24) is 0 Å². The third-order valence-electron chi connectivity index (χ3n) is 5.03. The highest BCUT2D eigenvalue weighted by molar-refractivity contribution is 6.34. The zero-order chi connectivity index (χ0) is 22.1. The van der Waals surface area contributed by atoms with Gasteiger partial charge in [0, 0.05) is 10.6 Å². The van der Waals surface area contributed by atoms with Crippen LogP contribution in [0.25, 0.3) is 17.4 Å². The molecule has 0 fully saturated rings. The third kappa shape index (κ3) is 3.90. The first-order valence-corrected chi connectivity index (χ1v) is 9.92. The van der Waals surface area contributed by atoms with Crippen LogP contribution in [0.15, 0.2) is 69.7 Å². The quantitative estimate of drug-likeness (QED) is 0.401. The molecule has 0 radical (unpaired) electrons. The fraction of sp³-hybridized carbons (Fsp3) is 0.125. The molecule has 1 aromatic heterocycles. The number of esters is 1. The Labute approximate surface area is 184 Å². The van der Waals surface area contributed by atoms with Gasteiger partial charge in [0.25, 0.3) is 5.91 Å². The van der Waals surface area contributed by atoms with Crippen molar-refractivity contribution in [3.63, 3.8) is 0 Å². The smallest absolute Gasteiger partial charge is 0.337 e. The van der Waals surface area contributed by atoms with Crippen LogP contribution in [0.4, 0.5) is 5.69 Å². The minimum atomic E-state index is -0.398. The monoisotopic (exact) mass is 434 g/mol. The normalized spacial score (nSPS) is 14.8. The fourth-order valence-electron chi connectivity index (χ4n) is 3.29. The van der Waals surface area contributed by atoms with Gasteiger partial charge >= 0.3 is 5.97 Å². The average molecular weight is 435 g/mol. The summed E-state index contributed by atoms with van der Waals surface area (Å²) in [6.07, 6.45) is 1.67. The summed E-state index contributed by atoms with van der Waals surface area (Å²) in [7, 11) is 1.34. The lowest BCUT2D eigenvalue weighted by Crippen LogP contribution is -2.22. The van der Waals surface area contributed by atoms with E-state index in [4.69, 9.17) is 20.8 Å². The number of ether oxygens (including phenoxy) is 1. The van der Waals surface area contributed by atoms with Gasteiger partial charge in [-0.25, -0.2) is 4.79 Å². The Morgan fingerprint density at radius 1 is 1.10 bits per heavy atom. The molecule has 6 nitrogen and oxygen atoms in total. The van der Waals surface area contributed by atoms with E-state index in [-0.39, 0.29) is 5.91 Å². The number of anilines is 1. The number of rotatable bonds is 4. The van der Waals surface area contributed by atoms with Crippen molar-refractivity contribution in [3.8, 4) is 11.3 Å². The summed E-state index contributed by atoms with van der Waals surface area (Å²) < 4.78 is 10.6. The van der Waals surface area contributed by atoms with Crippen molar-refractivity contribution >= 4 is 41.0 Å². The van der Waals surface area contributed by atoms with Crippen LogP contribution in [0.2, 0.25) is 5.02 Å². The molecule has 2 heterocycles. The van der Waals surface area contributed by atoms with Gasteiger partial charge in [-0.2, -0.15) is 10.1 Å². The Hall–Kier alpha value is -3.64. The molecule has 1 amide bonds. The van der Waals surface area contributed by atoms with Gasteiger partial charge in [-0.1, -0.05) is 29.8 Å². The third-order valence-corrected chi connectivity index (χ3v) is 5.44. The summed E-state index contributed by atoms with van der Waals surface area (Å²) in [5.74, 6) is 0.495. The second kappa shape index (κ2) is 8.24. The molecular weight excluding hydrogens is 416 g/mol. The summed E-state index contributed by atoms with van der Waals surface area (Å²) in [4.78, 5) is 24.6. The van der Waals surface area contributed by atoms with Crippen LogP contribution < -0.4 is 5.01 Å². The fourth-order valence-corrected chi connectivity index (χ4v) is 3.46. The first-order chi connectivity index (χ1) is 14.9. The first-order valence-electron chi connectivity index (χ1n) is 9.54. The molecule has 0 N–H and O–H groups in total. The van der Waals surface area contributed by atoms with Crippen molar-refractivity contribution in [2.45, 2.75) is 13.8 Å². The molecule has 0 unspecified atom stereocenters. The molecule has 0 saturated carbocycles. The number of halogens is 1. The van der Waals surface area contributed by atoms with Crippen LogP contribution >= 0.6 is 11.6 Å². The summed E-state index contributed by atoms with van der Waals surface area (Å²) in [6.45, 7) is 3.63. The zero-order valence-electron chi connectivity index (χ0n) is 17.2. The molecule has 7 heteroatoms. The van der Waals surface area contributed by atoms with Gasteiger partial charge in [-0.05, 0) is 61.9 Å². The van der Waals surface area contributed by atoms with Crippen molar-refractivity contribution in [2.75, 3.05) is 12.1 Å². The topological polar surface area (TPSA) is 72.1 Å². The van der Waals surface area contributed by atoms with Gasteiger partial charge in [0.15, 0.2) is 0 Å². The van der Waals surface area contributed by atoms with Crippen LogP contribution in [-0.4, -0.2) is 24.7 Å². The van der Waals surface area contributed by atoms with E-state index in [9.17, 15) is 9.59 Å². The maximum atomic E-state index is 13.0. The summed E-state index contributed by atoms with van der Waals surface area (Å²) in [6, 6.07) is 15.9. The predicted octanol–water partition coefficient (Wildman–Crippen LogP) is 5.50. The molecule has 0 aliphatic carbocycles.